The number of benzene rings is 3. The van der Waals surface area contributed by atoms with Gasteiger partial charge in [-0.1, -0.05) is 66.7 Å². The fourth-order valence-corrected chi connectivity index (χ4v) is 5.62. The smallest absolute Gasteiger partial charge is 0.0326 e. The third kappa shape index (κ3) is 3.36. The Hall–Kier alpha value is -2.16. The SMILES string of the molecule is C[C@@H](c1ccccc1)N1[C@H]2CC[C@H](C2)[C@@H]1CNCc1ccc2ccccc2c1. The quantitative estimate of drug-likeness (QED) is 0.612. The minimum atomic E-state index is 0.504. The van der Waals surface area contributed by atoms with Crippen LogP contribution in [0, 0.1) is 5.92 Å². The van der Waals surface area contributed by atoms with Crippen LogP contribution < -0.4 is 5.32 Å². The summed E-state index contributed by atoms with van der Waals surface area (Å²) in [5, 5.41) is 6.44. The van der Waals surface area contributed by atoms with E-state index in [1.54, 1.807) is 0 Å². The Kier molecular flexibility index (Phi) is 4.92. The minimum Gasteiger partial charge on any atom is -0.311 e. The lowest BCUT2D eigenvalue weighted by Gasteiger charge is -2.40. The summed E-state index contributed by atoms with van der Waals surface area (Å²) in [5.41, 5.74) is 2.83. The van der Waals surface area contributed by atoms with Crippen LogP contribution in [0.1, 0.15) is 43.4 Å². The maximum absolute atomic E-state index is 3.79. The lowest BCUT2D eigenvalue weighted by molar-refractivity contribution is 0.0926. The van der Waals surface area contributed by atoms with E-state index in [-0.39, 0.29) is 0 Å². The predicted octanol–water partition coefficient (Wildman–Crippen LogP) is 5.54. The molecule has 144 valence electrons. The highest BCUT2D eigenvalue weighted by atomic mass is 15.3. The summed E-state index contributed by atoms with van der Waals surface area (Å²) in [5.74, 6) is 0.861. The first kappa shape index (κ1) is 17.9. The molecular weight excluding hydrogens is 340 g/mol. The van der Waals surface area contributed by atoms with E-state index in [1.165, 1.54) is 41.2 Å². The van der Waals surface area contributed by atoms with Gasteiger partial charge in [0.1, 0.15) is 0 Å². The van der Waals surface area contributed by atoms with Crippen molar-refractivity contribution in [3.05, 3.63) is 83.9 Å². The summed E-state index contributed by atoms with van der Waals surface area (Å²) in [7, 11) is 0. The van der Waals surface area contributed by atoms with Crippen LogP contribution >= 0.6 is 0 Å². The molecule has 0 spiro atoms. The Balaban J connectivity index is 1.26. The molecule has 0 aromatic heterocycles. The Labute approximate surface area is 168 Å². The van der Waals surface area contributed by atoms with Gasteiger partial charge in [-0.05, 0) is 60.1 Å². The third-order valence-electron chi connectivity index (χ3n) is 7.02. The van der Waals surface area contributed by atoms with Gasteiger partial charge in [0.25, 0.3) is 0 Å². The predicted molar refractivity (Wildman–Crippen MR) is 117 cm³/mol. The number of hydrogen-bond acceptors (Lipinski definition) is 2. The average Bonchev–Trinajstić information content (AvgIpc) is 3.36. The number of nitrogens with zero attached hydrogens (tertiary/aromatic N) is 1. The fraction of sp³-hybridized carbons (Fsp3) is 0.385. The second-order valence-electron chi connectivity index (χ2n) is 8.64. The van der Waals surface area contributed by atoms with Crippen LogP contribution in [0.4, 0.5) is 0 Å². The highest BCUT2D eigenvalue weighted by molar-refractivity contribution is 5.82. The molecule has 1 N–H and O–H groups in total. The molecule has 1 aliphatic heterocycles. The van der Waals surface area contributed by atoms with Gasteiger partial charge >= 0.3 is 0 Å². The first-order chi connectivity index (χ1) is 13.8. The lowest BCUT2D eigenvalue weighted by Crippen LogP contribution is -2.47. The van der Waals surface area contributed by atoms with E-state index in [0.717, 1.165) is 25.0 Å². The summed E-state index contributed by atoms with van der Waals surface area (Å²) in [6.07, 6.45) is 4.17. The molecule has 0 radical (unpaired) electrons. The van der Waals surface area contributed by atoms with Crippen LogP contribution in [-0.2, 0) is 6.54 Å². The monoisotopic (exact) mass is 370 g/mol. The highest BCUT2D eigenvalue weighted by Gasteiger charge is 2.47. The number of piperidine rings is 1. The summed E-state index contributed by atoms with van der Waals surface area (Å²) >= 11 is 0. The first-order valence-electron chi connectivity index (χ1n) is 10.8. The van der Waals surface area contributed by atoms with Crippen molar-refractivity contribution in [1.29, 1.82) is 0 Å². The molecule has 2 nitrogen and oxygen atoms in total. The molecule has 28 heavy (non-hydrogen) atoms. The Morgan fingerprint density at radius 3 is 2.57 bits per heavy atom. The van der Waals surface area contributed by atoms with Gasteiger partial charge < -0.3 is 5.32 Å². The van der Waals surface area contributed by atoms with Gasteiger partial charge in [-0.15, -0.1) is 0 Å². The number of hydrogen-bond donors (Lipinski definition) is 1. The van der Waals surface area contributed by atoms with E-state index < -0.39 is 0 Å². The molecule has 0 unspecified atom stereocenters. The maximum Gasteiger partial charge on any atom is 0.0326 e. The maximum atomic E-state index is 3.79. The number of rotatable bonds is 6. The molecule has 1 saturated heterocycles. The van der Waals surface area contributed by atoms with Gasteiger partial charge in [-0.3, -0.25) is 4.90 Å². The number of fused-ring (bicyclic) bond motifs is 3. The summed E-state index contributed by atoms with van der Waals surface area (Å²) in [4.78, 5) is 2.82. The van der Waals surface area contributed by atoms with E-state index in [1.807, 2.05) is 0 Å². The zero-order valence-electron chi connectivity index (χ0n) is 16.7. The van der Waals surface area contributed by atoms with Crippen molar-refractivity contribution in [1.82, 2.24) is 10.2 Å². The summed E-state index contributed by atoms with van der Waals surface area (Å²) in [6.45, 7) is 4.43. The van der Waals surface area contributed by atoms with Gasteiger partial charge in [0.2, 0.25) is 0 Å². The lowest BCUT2D eigenvalue weighted by atomic mass is 9.95. The van der Waals surface area contributed by atoms with Crippen molar-refractivity contribution >= 4 is 10.8 Å². The largest absolute Gasteiger partial charge is 0.311 e. The summed E-state index contributed by atoms with van der Waals surface area (Å²) in [6, 6.07) is 28.4. The molecule has 1 aliphatic carbocycles. The minimum absolute atomic E-state index is 0.504. The molecule has 3 aromatic rings. The zero-order chi connectivity index (χ0) is 18.9. The molecule has 3 aromatic carbocycles. The Morgan fingerprint density at radius 2 is 1.71 bits per heavy atom. The molecule has 0 amide bonds. The van der Waals surface area contributed by atoms with Crippen LogP contribution in [0.2, 0.25) is 0 Å². The average molecular weight is 371 g/mol. The van der Waals surface area contributed by atoms with E-state index in [4.69, 9.17) is 0 Å². The van der Waals surface area contributed by atoms with Crippen LogP contribution in [0.25, 0.3) is 10.8 Å². The van der Waals surface area contributed by atoms with Crippen LogP contribution in [0.15, 0.2) is 72.8 Å². The van der Waals surface area contributed by atoms with E-state index in [9.17, 15) is 0 Å². The molecule has 2 bridgehead atoms. The zero-order valence-corrected chi connectivity index (χ0v) is 16.7. The van der Waals surface area contributed by atoms with Crippen molar-refractivity contribution < 1.29 is 0 Å². The van der Waals surface area contributed by atoms with Crippen LogP contribution in [0.5, 0.6) is 0 Å². The number of nitrogens with one attached hydrogen (secondary N) is 1. The molecule has 5 rings (SSSR count). The molecule has 2 fully saturated rings. The molecular formula is C26H30N2. The molecule has 1 heterocycles. The van der Waals surface area contributed by atoms with E-state index in [0.29, 0.717) is 12.1 Å². The van der Waals surface area contributed by atoms with Gasteiger partial charge in [-0.2, -0.15) is 0 Å². The second-order valence-corrected chi connectivity index (χ2v) is 8.64. The highest BCUT2D eigenvalue weighted by Crippen LogP contribution is 2.46. The van der Waals surface area contributed by atoms with Gasteiger partial charge in [-0.25, -0.2) is 0 Å². The van der Waals surface area contributed by atoms with Crippen molar-refractivity contribution in [2.75, 3.05) is 6.54 Å². The van der Waals surface area contributed by atoms with E-state index in [2.05, 4.69) is 89.9 Å². The second kappa shape index (κ2) is 7.69. The van der Waals surface area contributed by atoms with Gasteiger partial charge in [0.15, 0.2) is 0 Å². The normalized spacial score (nSPS) is 25.4. The van der Waals surface area contributed by atoms with E-state index >= 15 is 0 Å². The standard InChI is InChI=1S/C26H30N2/c1-19(21-7-3-2-4-8-21)28-25-14-13-24(16-25)26(28)18-27-17-20-11-12-22-9-5-6-10-23(22)15-20/h2-12,15,19,24-27H,13-14,16-18H2,1H3/t19-,24+,25-,26-/m0/s1. The Bertz CT molecular complexity index is 935. The molecule has 1 saturated carbocycles. The van der Waals surface area contributed by atoms with Crippen molar-refractivity contribution in [2.45, 2.75) is 50.9 Å². The van der Waals surface area contributed by atoms with Crippen molar-refractivity contribution in [3.63, 3.8) is 0 Å². The molecule has 2 aliphatic rings. The molecule has 2 heteroatoms. The first-order valence-corrected chi connectivity index (χ1v) is 10.8. The Morgan fingerprint density at radius 1 is 0.929 bits per heavy atom. The van der Waals surface area contributed by atoms with Crippen molar-refractivity contribution in [2.24, 2.45) is 5.92 Å². The molecule has 4 atom stereocenters. The van der Waals surface area contributed by atoms with Crippen LogP contribution in [-0.4, -0.2) is 23.5 Å². The fourth-order valence-electron chi connectivity index (χ4n) is 5.62. The number of likely N-dealkylation sites (tertiary alicyclic amines) is 1. The third-order valence-corrected chi connectivity index (χ3v) is 7.02. The van der Waals surface area contributed by atoms with Gasteiger partial charge in [0, 0.05) is 31.2 Å². The van der Waals surface area contributed by atoms with Crippen molar-refractivity contribution in [3.8, 4) is 0 Å². The van der Waals surface area contributed by atoms with Crippen LogP contribution in [0.3, 0.4) is 0 Å². The van der Waals surface area contributed by atoms with Gasteiger partial charge in [0.05, 0.1) is 0 Å². The topological polar surface area (TPSA) is 15.3 Å². The summed E-state index contributed by atoms with van der Waals surface area (Å²) < 4.78 is 0.